The van der Waals surface area contributed by atoms with Crippen molar-refractivity contribution >= 4 is 28.1 Å². The lowest BCUT2D eigenvalue weighted by atomic mass is 10.1. The smallest absolute Gasteiger partial charge is 0.201 e. The van der Waals surface area contributed by atoms with Gasteiger partial charge in [-0.2, -0.15) is 0 Å². The maximum Gasteiger partial charge on any atom is 0.201 e. The molecule has 0 aliphatic heterocycles. The number of aryl methyl sites for hydroxylation is 2. The summed E-state index contributed by atoms with van der Waals surface area (Å²) in [5.74, 6) is 1.78. The van der Waals surface area contributed by atoms with E-state index in [1.165, 1.54) is 47.6 Å². The molecule has 0 amide bonds. The van der Waals surface area contributed by atoms with Crippen LogP contribution in [0.1, 0.15) is 49.7 Å². The first-order valence-electron chi connectivity index (χ1n) is 13.5. The molecule has 4 heteroatoms. The minimum atomic E-state index is 0.777. The summed E-state index contributed by atoms with van der Waals surface area (Å²) >= 11 is 0. The lowest BCUT2D eigenvalue weighted by Gasteiger charge is -2.13. The van der Waals surface area contributed by atoms with Crippen molar-refractivity contribution < 1.29 is 4.74 Å². The fourth-order valence-electron chi connectivity index (χ4n) is 4.28. The van der Waals surface area contributed by atoms with E-state index in [1.54, 1.807) is 0 Å². The van der Waals surface area contributed by atoms with Crippen molar-refractivity contribution in [2.45, 2.75) is 52.4 Å². The Labute approximate surface area is 221 Å². The number of guanidine groups is 1. The molecular weight excluding hydrogens is 454 g/mol. The van der Waals surface area contributed by atoms with Crippen LogP contribution in [0.2, 0.25) is 0 Å². The number of ether oxygens (including phenoxy) is 1. The van der Waals surface area contributed by atoms with Gasteiger partial charge in [0.15, 0.2) is 0 Å². The number of nitrogens with zero attached hydrogens (tertiary/aromatic N) is 1. The highest BCUT2D eigenvalue weighted by Gasteiger charge is 2.03. The molecule has 0 atom stereocenters. The Morgan fingerprint density at radius 2 is 1.32 bits per heavy atom. The Morgan fingerprint density at radius 3 is 2.11 bits per heavy atom. The van der Waals surface area contributed by atoms with E-state index >= 15 is 0 Å². The van der Waals surface area contributed by atoms with Gasteiger partial charge in [0.25, 0.3) is 0 Å². The van der Waals surface area contributed by atoms with E-state index in [1.807, 2.05) is 0 Å². The summed E-state index contributed by atoms with van der Waals surface area (Å²) in [7, 11) is 0. The maximum atomic E-state index is 6.07. The van der Waals surface area contributed by atoms with Gasteiger partial charge >= 0.3 is 0 Å². The monoisotopic (exact) mass is 493 g/mol. The molecule has 4 aromatic rings. The number of anilines is 1. The van der Waals surface area contributed by atoms with Crippen LogP contribution in [0.3, 0.4) is 0 Å². The second-order valence-electron chi connectivity index (χ2n) is 9.66. The summed E-state index contributed by atoms with van der Waals surface area (Å²) in [6.45, 7) is 5.86. The minimum Gasteiger partial charge on any atom is -0.493 e. The van der Waals surface area contributed by atoms with Crippen molar-refractivity contribution in [2.75, 3.05) is 18.5 Å². The highest BCUT2D eigenvalue weighted by molar-refractivity contribution is 5.95. The zero-order chi connectivity index (χ0) is 25.7. The molecule has 0 fully saturated rings. The van der Waals surface area contributed by atoms with Gasteiger partial charge in [0.2, 0.25) is 5.96 Å². The predicted octanol–water partition coefficient (Wildman–Crippen LogP) is 8.57. The number of aliphatic imine (C=N–C) groups is 1. The van der Waals surface area contributed by atoms with E-state index in [0.717, 1.165) is 49.1 Å². The van der Waals surface area contributed by atoms with E-state index in [2.05, 4.69) is 115 Å². The van der Waals surface area contributed by atoms with Crippen LogP contribution in [0.5, 0.6) is 5.75 Å². The summed E-state index contributed by atoms with van der Waals surface area (Å²) in [6.07, 6.45) is 7.10. The highest BCUT2D eigenvalue weighted by Crippen LogP contribution is 2.25. The Kier molecular flexibility index (Phi) is 10.00. The summed E-state index contributed by atoms with van der Waals surface area (Å²) in [5.41, 5.74) is 4.46. The van der Waals surface area contributed by atoms with Crippen molar-refractivity contribution in [1.29, 1.82) is 0 Å². The molecule has 4 rings (SSSR count). The number of fused-ring (bicyclic) bond motifs is 1. The Bertz CT molecular complexity index is 1260. The predicted molar refractivity (Wildman–Crippen MR) is 158 cm³/mol. The second kappa shape index (κ2) is 14.1. The van der Waals surface area contributed by atoms with Crippen molar-refractivity contribution in [3.05, 3.63) is 102 Å². The number of nitrogens with one attached hydrogen (secondary N) is 2. The third-order valence-corrected chi connectivity index (χ3v) is 6.46. The average Bonchev–Trinajstić information content (AvgIpc) is 2.92. The Hall–Kier alpha value is -3.79. The van der Waals surface area contributed by atoms with Crippen LogP contribution in [-0.2, 0) is 0 Å². The number of hydrogen-bond acceptors (Lipinski definition) is 2. The fraction of sp³-hybridized carbons (Fsp3) is 0.303. The molecule has 192 valence electrons. The third kappa shape index (κ3) is 8.68. The van der Waals surface area contributed by atoms with Gasteiger partial charge in [0, 0.05) is 17.6 Å². The molecule has 0 bridgehead atoms. The zero-order valence-corrected chi connectivity index (χ0v) is 22.2. The van der Waals surface area contributed by atoms with Crippen LogP contribution < -0.4 is 15.4 Å². The molecule has 4 aromatic carbocycles. The van der Waals surface area contributed by atoms with E-state index in [-0.39, 0.29) is 0 Å². The van der Waals surface area contributed by atoms with E-state index in [9.17, 15) is 0 Å². The first-order valence-corrected chi connectivity index (χ1v) is 13.5. The van der Waals surface area contributed by atoms with E-state index < -0.39 is 0 Å². The lowest BCUT2D eigenvalue weighted by molar-refractivity contribution is 0.307. The van der Waals surface area contributed by atoms with Gasteiger partial charge in [0.1, 0.15) is 5.75 Å². The van der Waals surface area contributed by atoms with Crippen LogP contribution >= 0.6 is 0 Å². The van der Waals surface area contributed by atoms with Crippen LogP contribution in [0.4, 0.5) is 11.4 Å². The van der Waals surface area contributed by atoms with Gasteiger partial charge in [-0.15, -0.1) is 0 Å². The van der Waals surface area contributed by atoms with Gasteiger partial charge in [-0.3, -0.25) is 0 Å². The number of benzene rings is 4. The summed E-state index contributed by atoms with van der Waals surface area (Å²) < 4.78 is 6.07. The maximum absolute atomic E-state index is 6.07. The molecular formula is C33H39N3O. The molecule has 0 radical (unpaired) electrons. The molecule has 0 aromatic heterocycles. The van der Waals surface area contributed by atoms with Crippen molar-refractivity contribution in [1.82, 2.24) is 5.32 Å². The van der Waals surface area contributed by atoms with Crippen LogP contribution in [0.15, 0.2) is 96.0 Å². The van der Waals surface area contributed by atoms with Crippen LogP contribution in [0, 0.1) is 13.8 Å². The summed E-state index contributed by atoms with van der Waals surface area (Å²) in [4.78, 5) is 4.81. The van der Waals surface area contributed by atoms with E-state index in [4.69, 9.17) is 9.73 Å². The molecule has 0 aliphatic carbocycles. The summed E-state index contributed by atoms with van der Waals surface area (Å²) in [6, 6.07) is 31.4. The van der Waals surface area contributed by atoms with Gasteiger partial charge < -0.3 is 15.4 Å². The van der Waals surface area contributed by atoms with Crippen molar-refractivity contribution in [2.24, 2.45) is 4.99 Å². The average molecular weight is 494 g/mol. The number of rotatable bonds is 12. The number of hydrogen-bond donors (Lipinski definition) is 2. The molecule has 0 unspecified atom stereocenters. The zero-order valence-electron chi connectivity index (χ0n) is 22.2. The van der Waals surface area contributed by atoms with Crippen molar-refractivity contribution in [3.63, 3.8) is 0 Å². The lowest BCUT2D eigenvalue weighted by Crippen LogP contribution is -2.31. The largest absolute Gasteiger partial charge is 0.493 e. The van der Waals surface area contributed by atoms with Gasteiger partial charge in [0.05, 0.1) is 12.3 Å². The van der Waals surface area contributed by atoms with E-state index in [0.29, 0.717) is 0 Å². The summed E-state index contributed by atoms with van der Waals surface area (Å²) in [5, 5.41) is 9.38. The quantitative estimate of drug-likeness (QED) is 0.118. The fourth-order valence-corrected chi connectivity index (χ4v) is 4.28. The molecule has 0 saturated carbocycles. The normalized spacial score (nSPS) is 11.5. The first kappa shape index (κ1) is 26.3. The molecule has 0 saturated heterocycles. The standard InChI is InChI=1S/C33H39N3O/c1-26-16-20-29(21-17-26)35-33(36-30-22-18-27(2)19-23-30)34-24-9-5-3-4-6-10-25-37-32-15-11-13-28-12-7-8-14-31(28)32/h7-8,11-23H,3-6,9-10,24-25H2,1-2H3,(H2,34,35,36). The topological polar surface area (TPSA) is 45.7 Å². The first-order chi connectivity index (χ1) is 18.2. The molecule has 37 heavy (non-hydrogen) atoms. The van der Waals surface area contributed by atoms with Crippen LogP contribution in [0.25, 0.3) is 10.8 Å². The Balaban J connectivity index is 1.14. The molecule has 0 spiro atoms. The third-order valence-electron chi connectivity index (χ3n) is 6.46. The molecule has 0 heterocycles. The van der Waals surface area contributed by atoms with Gasteiger partial charge in [-0.25, -0.2) is 4.99 Å². The second-order valence-corrected chi connectivity index (χ2v) is 9.66. The number of unbranched alkanes of at least 4 members (excludes halogenated alkanes) is 5. The van der Waals surface area contributed by atoms with Crippen molar-refractivity contribution in [3.8, 4) is 5.75 Å². The van der Waals surface area contributed by atoms with Crippen LogP contribution in [-0.4, -0.2) is 19.1 Å². The Morgan fingerprint density at radius 1 is 0.676 bits per heavy atom. The highest BCUT2D eigenvalue weighted by atomic mass is 16.5. The van der Waals surface area contributed by atoms with Gasteiger partial charge in [-0.05, 0) is 62.4 Å². The molecule has 2 N–H and O–H groups in total. The minimum absolute atomic E-state index is 0.777. The molecule has 4 nitrogen and oxygen atoms in total. The van der Waals surface area contributed by atoms with Gasteiger partial charge in [-0.1, -0.05) is 97.5 Å². The SMILES string of the molecule is Cc1ccc(/N=C(\NCCCCCCCCOc2cccc3ccccc23)Nc2ccc(C)cc2)cc1. The molecule has 0 aliphatic rings.